The smallest absolute Gasteiger partial charge is 0.231 e. The van der Waals surface area contributed by atoms with Crippen molar-refractivity contribution in [1.82, 2.24) is 5.32 Å². The molecule has 3 rings (SSSR count). The predicted octanol–water partition coefficient (Wildman–Crippen LogP) is 1.62. The molecule has 0 bridgehead atoms. The molecule has 1 heterocycles. The Hall–Kier alpha value is -1.35. The maximum atomic E-state index is 12.4. The molecule has 3 heteroatoms. The number of hydrogen-bond acceptors (Lipinski definition) is 2. The third kappa shape index (κ3) is 1.75. The highest BCUT2D eigenvalue weighted by molar-refractivity contribution is 5.89. The molecule has 0 unspecified atom stereocenters. The Balaban J connectivity index is 1.79. The summed E-state index contributed by atoms with van der Waals surface area (Å²) < 4.78 is 5.09. The molecule has 0 atom stereocenters. The van der Waals surface area contributed by atoms with Crippen molar-refractivity contribution in [3.8, 4) is 0 Å². The number of benzene rings is 1. The van der Waals surface area contributed by atoms with Gasteiger partial charge in [0.15, 0.2) is 0 Å². The van der Waals surface area contributed by atoms with Crippen LogP contribution in [0.2, 0.25) is 0 Å². The van der Waals surface area contributed by atoms with Crippen molar-refractivity contribution in [1.29, 1.82) is 0 Å². The second-order valence-electron chi connectivity index (χ2n) is 5.01. The van der Waals surface area contributed by atoms with E-state index in [9.17, 15) is 4.79 Å². The van der Waals surface area contributed by atoms with Crippen LogP contribution in [-0.2, 0) is 14.9 Å². The minimum absolute atomic E-state index is 0.184. The lowest BCUT2D eigenvalue weighted by Gasteiger charge is -2.42. The lowest BCUT2D eigenvalue weighted by Crippen LogP contribution is -2.57. The molecular formula is C14H17NO2. The van der Waals surface area contributed by atoms with E-state index in [1.165, 1.54) is 0 Å². The molecule has 2 aliphatic rings. The van der Waals surface area contributed by atoms with Crippen LogP contribution in [0.15, 0.2) is 30.3 Å². The highest BCUT2D eigenvalue weighted by Crippen LogP contribution is 2.44. The Kier molecular flexibility index (Phi) is 2.63. The first-order valence-electron chi connectivity index (χ1n) is 6.25. The van der Waals surface area contributed by atoms with Crippen LogP contribution in [0.5, 0.6) is 0 Å². The molecular weight excluding hydrogens is 214 g/mol. The fourth-order valence-corrected chi connectivity index (χ4v) is 2.58. The zero-order valence-electron chi connectivity index (χ0n) is 9.82. The first-order valence-corrected chi connectivity index (χ1v) is 6.25. The normalized spacial score (nSPS) is 22.4. The van der Waals surface area contributed by atoms with Gasteiger partial charge in [0.05, 0.1) is 24.7 Å². The highest BCUT2D eigenvalue weighted by atomic mass is 16.5. The van der Waals surface area contributed by atoms with E-state index in [1.807, 2.05) is 18.2 Å². The van der Waals surface area contributed by atoms with Crippen LogP contribution >= 0.6 is 0 Å². The van der Waals surface area contributed by atoms with Crippen molar-refractivity contribution in [2.45, 2.75) is 30.7 Å². The summed E-state index contributed by atoms with van der Waals surface area (Å²) in [5.41, 5.74) is 0.889. The summed E-state index contributed by atoms with van der Waals surface area (Å²) in [4.78, 5) is 12.4. The molecule has 1 aromatic rings. The molecule has 1 amide bonds. The van der Waals surface area contributed by atoms with Gasteiger partial charge >= 0.3 is 0 Å². The largest absolute Gasteiger partial charge is 0.377 e. The minimum atomic E-state index is -0.267. The van der Waals surface area contributed by atoms with Gasteiger partial charge in [-0.05, 0) is 18.4 Å². The average molecular weight is 231 g/mol. The quantitative estimate of drug-likeness (QED) is 0.858. The van der Waals surface area contributed by atoms with Crippen molar-refractivity contribution in [2.24, 2.45) is 0 Å². The second kappa shape index (κ2) is 4.15. The molecule has 1 N–H and O–H groups in total. The van der Waals surface area contributed by atoms with Crippen LogP contribution in [-0.4, -0.2) is 25.2 Å². The molecule has 1 aromatic carbocycles. The fourth-order valence-electron chi connectivity index (χ4n) is 2.58. The van der Waals surface area contributed by atoms with E-state index in [2.05, 4.69) is 17.4 Å². The first-order chi connectivity index (χ1) is 8.31. The Labute approximate surface area is 101 Å². The predicted molar refractivity (Wildman–Crippen MR) is 64.7 cm³/mol. The standard InChI is InChI=1S/C14H17NO2/c16-13(15-12-9-17-10-12)14(7-4-8-14)11-5-2-1-3-6-11/h1-3,5-6,12H,4,7-10H2,(H,15,16). The number of hydrogen-bond donors (Lipinski definition) is 1. The van der Waals surface area contributed by atoms with Crippen molar-refractivity contribution < 1.29 is 9.53 Å². The summed E-state index contributed by atoms with van der Waals surface area (Å²) >= 11 is 0. The molecule has 1 saturated carbocycles. The van der Waals surface area contributed by atoms with Gasteiger partial charge in [-0.1, -0.05) is 36.8 Å². The van der Waals surface area contributed by atoms with Gasteiger partial charge in [0, 0.05) is 0 Å². The van der Waals surface area contributed by atoms with Crippen LogP contribution in [0.25, 0.3) is 0 Å². The summed E-state index contributed by atoms with van der Waals surface area (Å²) in [5, 5.41) is 3.09. The summed E-state index contributed by atoms with van der Waals surface area (Å²) in [6.45, 7) is 1.33. The van der Waals surface area contributed by atoms with Gasteiger partial charge in [-0.3, -0.25) is 4.79 Å². The molecule has 2 fully saturated rings. The van der Waals surface area contributed by atoms with E-state index >= 15 is 0 Å². The number of amides is 1. The van der Waals surface area contributed by atoms with Crippen molar-refractivity contribution in [3.05, 3.63) is 35.9 Å². The molecule has 90 valence electrons. The Bertz CT molecular complexity index is 407. The van der Waals surface area contributed by atoms with Gasteiger partial charge < -0.3 is 10.1 Å². The maximum Gasteiger partial charge on any atom is 0.231 e. The third-order valence-corrected chi connectivity index (χ3v) is 3.94. The van der Waals surface area contributed by atoms with Crippen molar-refractivity contribution in [3.63, 3.8) is 0 Å². The SMILES string of the molecule is O=C(NC1COC1)C1(c2ccccc2)CCC1. The maximum absolute atomic E-state index is 12.4. The van der Waals surface area contributed by atoms with Crippen molar-refractivity contribution >= 4 is 5.91 Å². The average Bonchev–Trinajstić information content (AvgIpc) is 2.24. The molecule has 3 nitrogen and oxygen atoms in total. The lowest BCUT2D eigenvalue weighted by molar-refractivity contribution is -0.134. The number of carbonyl (C=O) groups excluding carboxylic acids is 1. The van der Waals surface area contributed by atoms with E-state index in [0.717, 1.165) is 24.8 Å². The zero-order valence-corrected chi connectivity index (χ0v) is 9.82. The van der Waals surface area contributed by atoms with Crippen LogP contribution in [0.1, 0.15) is 24.8 Å². The van der Waals surface area contributed by atoms with E-state index < -0.39 is 0 Å². The topological polar surface area (TPSA) is 38.3 Å². The molecule has 0 spiro atoms. The molecule has 17 heavy (non-hydrogen) atoms. The van der Waals surface area contributed by atoms with Gasteiger partial charge in [0.2, 0.25) is 5.91 Å². The molecule has 1 saturated heterocycles. The van der Waals surface area contributed by atoms with Gasteiger partial charge in [0.1, 0.15) is 0 Å². The van der Waals surface area contributed by atoms with Crippen LogP contribution in [0.4, 0.5) is 0 Å². The summed E-state index contributed by atoms with van der Waals surface area (Å²) in [7, 11) is 0. The molecule has 0 aromatic heterocycles. The summed E-state index contributed by atoms with van der Waals surface area (Å²) in [5.74, 6) is 0.184. The minimum Gasteiger partial charge on any atom is -0.377 e. The Morgan fingerprint density at radius 3 is 2.41 bits per heavy atom. The van der Waals surface area contributed by atoms with E-state index in [1.54, 1.807) is 0 Å². The van der Waals surface area contributed by atoms with E-state index in [0.29, 0.717) is 13.2 Å². The van der Waals surface area contributed by atoms with Gasteiger partial charge in [-0.15, -0.1) is 0 Å². The van der Waals surface area contributed by atoms with Crippen molar-refractivity contribution in [2.75, 3.05) is 13.2 Å². The van der Waals surface area contributed by atoms with Gasteiger partial charge in [0.25, 0.3) is 0 Å². The third-order valence-electron chi connectivity index (χ3n) is 3.94. The fraction of sp³-hybridized carbons (Fsp3) is 0.500. The monoisotopic (exact) mass is 231 g/mol. The number of rotatable bonds is 3. The number of carbonyl (C=O) groups is 1. The number of nitrogens with one attached hydrogen (secondary N) is 1. The van der Waals surface area contributed by atoms with Crippen LogP contribution < -0.4 is 5.32 Å². The Morgan fingerprint density at radius 2 is 1.94 bits per heavy atom. The molecule has 1 aliphatic carbocycles. The number of ether oxygens (including phenoxy) is 1. The van der Waals surface area contributed by atoms with E-state index in [-0.39, 0.29) is 17.4 Å². The molecule has 0 radical (unpaired) electrons. The van der Waals surface area contributed by atoms with Gasteiger partial charge in [-0.25, -0.2) is 0 Å². The zero-order chi connectivity index (χ0) is 11.7. The van der Waals surface area contributed by atoms with Crippen LogP contribution in [0, 0.1) is 0 Å². The summed E-state index contributed by atoms with van der Waals surface area (Å²) in [6.07, 6.45) is 3.08. The van der Waals surface area contributed by atoms with Crippen LogP contribution in [0.3, 0.4) is 0 Å². The summed E-state index contributed by atoms with van der Waals surface area (Å²) in [6, 6.07) is 10.4. The van der Waals surface area contributed by atoms with Gasteiger partial charge in [-0.2, -0.15) is 0 Å². The highest BCUT2D eigenvalue weighted by Gasteiger charge is 2.46. The lowest BCUT2D eigenvalue weighted by atomic mass is 9.63. The van der Waals surface area contributed by atoms with E-state index in [4.69, 9.17) is 4.74 Å². The Morgan fingerprint density at radius 1 is 1.24 bits per heavy atom. The molecule has 1 aliphatic heterocycles. The first kappa shape index (κ1) is 10.8. The second-order valence-corrected chi connectivity index (χ2v) is 5.01.